The first kappa shape index (κ1) is 16.3. The molecule has 3 atom stereocenters. The fraction of sp³-hybridized carbons (Fsp3) is 0.824. The number of likely N-dealkylation sites (tertiary alicyclic amines) is 1. The molecule has 1 amide bonds. The first-order chi connectivity index (χ1) is 10.0. The predicted octanol–water partition coefficient (Wildman–Crippen LogP) is 1.35. The summed E-state index contributed by atoms with van der Waals surface area (Å²) in [5.74, 6) is 4.05. The van der Waals surface area contributed by atoms with Gasteiger partial charge in [-0.2, -0.15) is 0 Å². The van der Waals surface area contributed by atoms with Gasteiger partial charge in [0, 0.05) is 19.1 Å². The van der Waals surface area contributed by atoms with E-state index in [1.807, 2.05) is 13.8 Å². The summed E-state index contributed by atoms with van der Waals surface area (Å²) in [5, 5.41) is 3.05. The largest absolute Gasteiger partial charge is 0.339 e. The lowest BCUT2D eigenvalue weighted by atomic mass is 9.78. The Morgan fingerprint density at radius 2 is 2.10 bits per heavy atom. The molecule has 1 heterocycles. The average Bonchev–Trinajstić information content (AvgIpc) is 2.89. The molecule has 0 aromatic heterocycles. The van der Waals surface area contributed by atoms with E-state index in [-0.39, 0.29) is 5.91 Å². The van der Waals surface area contributed by atoms with Crippen molar-refractivity contribution in [3.05, 3.63) is 0 Å². The number of carbonyl (C=O) groups excluding carboxylic acids is 1. The Kier molecular flexibility index (Phi) is 5.29. The molecule has 2 fully saturated rings. The van der Waals surface area contributed by atoms with Crippen LogP contribution in [-0.4, -0.2) is 42.0 Å². The second-order valence-corrected chi connectivity index (χ2v) is 6.69. The summed E-state index contributed by atoms with van der Waals surface area (Å²) < 4.78 is 0. The van der Waals surface area contributed by atoms with Gasteiger partial charge in [0.2, 0.25) is 5.91 Å². The maximum Gasteiger partial charge on any atom is 0.235 e. The minimum absolute atomic E-state index is 0.0452. The van der Waals surface area contributed by atoms with Gasteiger partial charge >= 0.3 is 0 Å². The highest BCUT2D eigenvalue weighted by atomic mass is 16.2. The molecule has 2 rings (SSSR count). The van der Waals surface area contributed by atoms with Crippen LogP contribution in [0.2, 0.25) is 0 Å². The van der Waals surface area contributed by atoms with Crippen LogP contribution in [0.1, 0.15) is 46.0 Å². The number of fused-ring (bicyclic) bond motifs is 1. The number of terminal acetylenes is 1. The molecule has 1 aliphatic heterocycles. The van der Waals surface area contributed by atoms with E-state index >= 15 is 0 Å². The van der Waals surface area contributed by atoms with Crippen molar-refractivity contribution in [3.63, 3.8) is 0 Å². The molecule has 0 bridgehead atoms. The normalized spacial score (nSPS) is 29.7. The third-order valence-corrected chi connectivity index (χ3v) is 5.46. The Bertz CT molecular complexity index is 411. The van der Waals surface area contributed by atoms with E-state index in [9.17, 15) is 4.79 Å². The molecule has 118 valence electrons. The highest BCUT2D eigenvalue weighted by Gasteiger charge is 2.39. The number of hydrogen-bond acceptors (Lipinski definition) is 3. The van der Waals surface area contributed by atoms with Crippen LogP contribution in [0.25, 0.3) is 0 Å². The first-order valence-corrected chi connectivity index (χ1v) is 8.30. The highest BCUT2D eigenvalue weighted by molar-refractivity contribution is 5.79. The summed E-state index contributed by atoms with van der Waals surface area (Å²) in [4.78, 5) is 14.6. The van der Waals surface area contributed by atoms with Crippen LogP contribution < -0.4 is 11.1 Å². The average molecular weight is 291 g/mol. The van der Waals surface area contributed by atoms with Gasteiger partial charge in [-0.3, -0.25) is 9.69 Å². The molecule has 1 aliphatic carbocycles. The molecule has 3 N–H and O–H groups in total. The van der Waals surface area contributed by atoms with Gasteiger partial charge < -0.3 is 11.1 Å². The number of rotatable bonds is 5. The lowest BCUT2D eigenvalue weighted by molar-refractivity contribution is -0.123. The lowest BCUT2D eigenvalue weighted by Crippen LogP contribution is -2.49. The third kappa shape index (κ3) is 3.59. The molecule has 1 saturated carbocycles. The minimum Gasteiger partial charge on any atom is -0.339 e. The van der Waals surface area contributed by atoms with E-state index in [1.165, 1.54) is 12.8 Å². The number of carbonyl (C=O) groups is 1. The topological polar surface area (TPSA) is 58.4 Å². The van der Waals surface area contributed by atoms with Crippen LogP contribution in [0.5, 0.6) is 0 Å². The van der Waals surface area contributed by atoms with Gasteiger partial charge in [-0.1, -0.05) is 26.2 Å². The van der Waals surface area contributed by atoms with E-state index in [4.69, 9.17) is 12.2 Å². The molecule has 4 heteroatoms. The van der Waals surface area contributed by atoms with Gasteiger partial charge in [0.1, 0.15) is 5.54 Å². The van der Waals surface area contributed by atoms with Crippen molar-refractivity contribution >= 4 is 5.91 Å². The Morgan fingerprint density at radius 1 is 1.38 bits per heavy atom. The van der Waals surface area contributed by atoms with Crippen molar-refractivity contribution in [2.75, 3.05) is 19.6 Å². The summed E-state index contributed by atoms with van der Waals surface area (Å²) in [7, 11) is 0. The molecular formula is C17H29N3O. The summed E-state index contributed by atoms with van der Waals surface area (Å²) in [5.41, 5.74) is 5.74. The number of amides is 1. The molecule has 0 spiro atoms. The number of nitrogens with zero attached hydrogens (tertiary/aromatic N) is 1. The standard InChI is InChI=1S/C17H29N3O/c1-4-17(5-2,6-3)19-16(21)12-20-10-13-8-7-9-15(18)14(13)11-20/h1,13-15H,5-12,18H2,2-3H3,(H,19,21). The van der Waals surface area contributed by atoms with Crippen LogP contribution in [0.4, 0.5) is 0 Å². The maximum atomic E-state index is 12.3. The maximum absolute atomic E-state index is 12.3. The summed E-state index contributed by atoms with van der Waals surface area (Å²) >= 11 is 0. The highest BCUT2D eigenvalue weighted by Crippen LogP contribution is 2.35. The zero-order valence-corrected chi connectivity index (χ0v) is 13.4. The first-order valence-electron chi connectivity index (χ1n) is 8.30. The molecule has 0 aromatic rings. The van der Waals surface area contributed by atoms with Gasteiger partial charge in [0.05, 0.1) is 6.54 Å². The molecule has 3 unspecified atom stereocenters. The zero-order valence-electron chi connectivity index (χ0n) is 13.4. The molecule has 0 radical (unpaired) electrons. The van der Waals surface area contributed by atoms with Crippen LogP contribution in [0.15, 0.2) is 0 Å². The molecular weight excluding hydrogens is 262 g/mol. The van der Waals surface area contributed by atoms with E-state index in [0.29, 0.717) is 24.4 Å². The van der Waals surface area contributed by atoms with Crippen molar-refractivity contribution in [2.45, 2.75) is 57.5 Å². The smallest absolute Gasteiger partial charge is 0.235 e. The second-order valence-electron chi connectivity index (χ2n) is 6.69. The summed E-state index contributed by atoms with van der Waals surface area (Å²) in [6.45, 7) is 6.46. The fourth-order valence-corrected chi connectivity index (χ4v) is 3.91. The Morgan fingerprint density at radius 3 is 2.67 bits per heavy atom. The van der Waals surface area contributed by atoms with E-state index < -0.39 is 5.54 Å². The van der Waals surface area contributed by atoms with E-state index in [2.05, 4.69) is 16.1 Å². The van der Waals surface area contributed by atoms with Gasteiger partial charge in [-0.25, -0.2) is 0 Å². The van der Waals surface area contributed by atoms with Crippen molar-refractivity contribution in [2.24, 2.45) is 17.6 Å². The van der Waals surface area contributed by atoms with Gasteiger partial charge in [-0.15, -0.1) is 6.42 Å². The zero-order chi connectivity index (χ0) is 15.5. The van der Waals surface area contributed by atoms with Crippen LogP contribution >= 0.6 is 0 Å². The Hall–Kier alpha value is -1.05. The van der Waals surface area contributed by atoms with Crippen LogP contribution in [0.3, 0.4) is 0 Å². The number of nitrogens with one attached hydrogen (secondary N) is 1. The van der Waals surface area contributed by atoms with Gasteiger partial charge in [-0.05, 0) is 37.5 Å². The van der Waals surface area contributed by atoms with Crippen LogP contribution in [0, 0.1) is 24.2 Å². The SMILES string of the molecule is C#CC(CC)(CC)NC(=O)CN1CC2CCCC(N)C2C1. The van der Waals surface area contributed by atoms with Crippen molar-refractivity contribution < 1.29 is 4.79 Å². The summed E-state index contributed by atoms with van der Waals surface area (Å²) in [6, 6.07) is 0.313. The molecule has 2 aliphatic rings. The van der Waals surface area contributed by atoms with Crippen molar-refractivity contribution in [1.29, 1.82) is 0 Å². The molecule has 0 aromatic carbocycles. The predicted molar refractivity (Wildman–Crippen MR) is 85.5 cm³/mol. The lowest BCUT2D eigenvalue weighted by Gasteiger charge is -2.30. The van der Waals surface area contributed by atoms with E-state index in [0.717, 1.165) is 32.4 Å². The molecule has 21 heavy (non-hydrogen) atoms. The van der Waals surface area contributed by atoms with Crippen LogP contribution in [-0.2, 0) is 4.79 Å². The monoisotopic (exact) mass is 291 g/mol. The molecule has 1 saturated heterocycles. The number of nitrogens with two attached hydrogens (primary N) is 1. The minimum atomic E-state index is -0.486. The number of hydrogen-bond donors (Lipinski definition) is 2. The fourth-order valence-electron chi connectivity index (χ4n) is 3.91. The van der Waals surface area contributed by atoms with Gasteiger partial charge in [0.15, 0.2) is 0 Å². The summed E-state index contributed by atoms with van der Waals surface area (Å²) in [6.07, 6.45) is 10.8. The second kappa shape index (κ2) is 6.81. The van der Waals surface area contributed by atoms with Gasteiger partial charge in [0.25, 0.3) is 0 Å². The third-order valence-electron chi connectivity index (χ3n) is 5.46. The van der Waals surface area contributed by atoms with E-state index in [1.54, 1.807) is 0 Å². The Labute approximate surface area is 128 Å². The quantitative estimate of drug-likeness (QED) is 0.752. The Balaban J connectivity index is 1.88. The molecule has 4 nitrogen and oxygen atoms in total. The van der Waals surface area contributed by atoms with Crippen molar-refractivity contribution in [1.82, 2.24) is 10.2 Å². The van der Waals surface area contributed by atoms with Crippen molar-refractivity contribution in [3.8, 4) is 12.3 Å².